The maximum absolute atomic E-state index is 13.1. The molecule has 34 heavy (non-hydrogen) atoms. The Morgan fingerprint density at radius 1 is 1.15 bits per heavy atom. The monoisotopic (exact) mass is 493 g/mol. The van der Waals surface area contributed by atoms with Crippen LogP contribution in [0.1, 0.15) is 21.5 Å². The number of hydrogen-bond donors (Lipinski definition) is 2. The molecule has 5 aromatic rings. The van der Waals surface area contributed by atoms with E-state index in [9.17, 15) is 14.0 Å². The highest BCUT2D eigenvalue weighted by atomic mass is 35.5. The van der Waals surface area contributed by atoms with Gasteiger partial charge in [0, 0.05) is 22.8 Å². The van der Waals surface area contributed by atoms with Crippen molar-refractivity contribution in [2.24, 2.45) is 0 Å². The number of fused-ring (bicyclic) bond motifs is 2. The van der Waals surface area contributed by atoms with E-state index in [1.54, 1.807) is 36.4 Å². The van der Waals surface area contributed by atoms with Gasteiger partial charge in [0.25, 0.3) is 11.5 Å². The third-order valence-electron chi connectivity index (χ3n) is 5.33. The van der Waals surface area contributed by atoms with E-state index in [0.717, 1.165) is 16.8 Å². The minimum Gasteiger partial charge on any atom is -0.348 e. The van der Waals surface area contributed by atoms with Gasteiger partial charge in [-0.3, -0.25) is 9.59 Å². The largest absolute Gasteiger partial charge is 0.348 e. The van der Waals surface area contributed by atoms with Crippen LogP contribution in [0.15, 0.2) is 65.5 Å². The Morgan fingerprint density at radius 3 is 2.74 bits per heavy atom. The van der Waals surface area contributed by atoms with Crippen molar-refractivity contribution >= 4 is 55.5 Å². The van der Waals surface area contributed by atoms with Gasteiger partial charge in [-0.1, -0.05) is 41.1 Å². The molecule has 0 spiro atoms. The fourth-order valence-corrected chi connectivity index (χ4v) is 4.43. The zero-order valence-electron chi connectivity index (χ0n) is 17.8. The third-order valence-corrected chi connectivity index (χ3v) is 6.57. The fourth-order valence-electron chi connectivity index (χ4n) is 3.44. The summed E-state index contributed by atoms with van der Waals surface area (Å²) in [5.74, 6) is -0.659. The standard InChI is InChI=1S/C24H17ClFN5O2S/c1-13-18(25)3-2-4-19(13)28-23-30-31-22(33)17-10-7-15(11-20(17)29-24(31)34-23)21(32)27-12-14-5-8-16(26)9-6-14/h2-11H,12H2,1H3,(H,27,32)(H,28,30). The van der Waals surface area contributed by atoms with Crippen molar-refractivity contribution in [3.8, 4) is 0 Å². The van der Waals surface area contributed by atoms with Crippen molar-refractivity contribution < 1.29 is 9.18 Å². The Bertz CT molecular complexity index is 1610. The molecule has 1 amide bonds. The molecular weight excluding hydrogens is 477 g/mol. The Labute approximate surface area is 201 Å². The molecule has 0 saturated heterocycles. The lowest BCUT2D eigenvalue weighted by Gasteiger charge is -2.06. The van der Waals surface area contributed by atoms with Crippen LogP contribution in [0.25, 0.3) is 15.9 Å². The van der Waals surface area contributed by atoms with E-state index in [-0.39, 0.29) is 23.8 Å². The van der Waals surface area contributed by atoms with Gasteiger partial charge in [-0.15, -0.1) is 5.10 Å². The predicted octanol–water partition coefficient (Wildman–Crippen LogP) is 5.08. The Kier molecular flexibility index (Phi) is 5.72. The number of nitrogens with zero attached hydrogens (tertiary/aromatic N) is 3. The van der Waals surface area contributed by atoms with Crippen molar-refractivity contribution in [1.82, 2.24) is 19.9 Å². The van der Waals surface area contributed by atoms with E-state index in [0.29, 0.717) is 31.6 Å². The molecule has 0 aliphatic heterocycles. The van der Waals surface area contributed by atoms with Gasteiger partial charge in [0.1, 0.15) is 5.82 Å². The summed E-state index contributed by atoms with van der Waals surface area (Å²) in [5, 5.41) is 11.8. The second kappa shape index (κ2) is 8.85. The number of aromatic nitrogens is 3. The van der Waals surface area contributed by atoms with Crippen LogP contribution in [-0.4, -0.2) is 20.5 Å². The molecule has 170 valence electrons. The number of rotatable bonds is 5. The van der Waals surface area contributed by atoms with Gasteiger partial charge in [-0.25, -0.2) is 9.37 Å². The van der Waals surface area contributed by atoms with Crippen molar-refractivity contribution in [3.05, 3.63) is 98.5 Å². The first kappa shape index (κ1) is 22.0. The molecule has 0 aliphatic carbocycles. The number of amides is 1. The van der Waals surface area contributed by atoms with E-state index < -0.39 is 0 Å². The lowest BCUT2D eigenvalue weighted by atomic mass is 10.1. The van der Waals surface area contributed by atoms with E-state index in [4.69, 9.17) is 11.6 Å². The fraction of sp³-hybridized carbons (Fsp3) is 0.0833. The number of benzene rings is 3. The molecule has 0 saturated carbocycles. The second-order valence-electron chi connectivity index (χ2n) is 7.60. The Balaban J connectivity index is 1.43. The molecule has 0 atom stereocenters. The Morgan fingerprint density at radius 2 is 1.94 bits per heavy atom. The van der Waals surface area contributed by atoms with Crippen molar-refractivity contribution in [2.75, 3.05) is 5.32 Å². The van der Waals surface area contributed by atoms with Gasteiger partial charge in [-0.05, 0) is 60.5 Å². The van der Waals surface area contributed by atoms with Gasteiger partial charge >= 0.3 is 0 Å². The quantitative estimate of drug-likeness (QED) is 0.356. The summed E-state index contributed by atoms with van der Waals surface area (Å²) in [6.07, 6.45) is 0. The molecule has 5 rings (SSSR count). The van der Waals surface area contributed by atoms with Crippen molar-refractivity contribution in [2.45, 2.75) is 13.5 Å². The number of carbonyl (C=O) groups is 1. The van der Waals surface area contributed by atoms with Crippen LogP contribution in [-0.2, 0) is 6.54 Å². The van der Waals surface area contributed by atoms with Crippen LogP contribution in [0.5, 0.6) is 0 Å². The maximum Gasteiger partial charge on any atom is 0.283 e. The van der Waals surface area contributed by atoms with Gasteiger partial charge in [-0.2, -0.15) is 4.52 Å². The predicted molar refractivity (Wildman–Crippen MR) is 132 cm³/mol. The molecule has 0 radical (unpaired) electrons. The lowest BCUT2D eigenvalue weighted by Crippen LogP contribution is -2.23. The molecule has 3 aromatic carbocycles. The number of carbonyl (C=O) groups excluding carboxylic acids is 1. The molecular formula is C24H17ClFN5O2S. The number of anilines is 2. The summed E-state index contributed by atoms with van der Waals surface area (Å²) in [7, 11) is 0. The molecule has 2 aromatic heterocycles. The van der Waals surface area contributed by atoms with E-state index >= 15 is 0 Å². The normalized spacial score (nSPS) is 11.1. The van der Waals surface area contributed by atoms with Crippen LogP contribution in [0.4, 0.5) is 15.2 Å². The van der Waals surface area contributed by atoms with Gasteiger partial charge < -0.3 is 10.6 Å². The SMILES string of the molecule is Cc1c(Cl)cccc1Nc1nn2c(=O)c3ccc(C(=O)NCc4ccc(F)cc4)cc3nc2s1. The lowest BCUT2D eigenvalue weighted by molar-refractivity contribution is 0.0951. The topological polar surface area (TPSA) is 88.4 Å². The van der Waals surface area contributed by atoms with Crippen LogP contribution in [0.2, 0.25) is 5.02 Å². The molecule has 0 bridgehead atoms. The minimum absolute atomic E-state index is 0.249. The first-order valence-corrected chi connectivity index (χ1v) is 11.5. The number of nitrogens with one attached hydrogen (secondary N) is 2. The summed E-state index contributed by atoms with van der Waals surface area (Å²) in [6.45, 7) is 2.14. The summed E-state index contributed by atoms with van der Waals surface area (Å²) >= 11 is 7.40. The first-order chi connectivity index (χ1) is 16.4. The molecule has 2 heterocycles. The molecule has 0 aliphatic rings. The number of halogens is 2. The highest BCUT2D eigenvalue weighted by Gasteiger charge is 2.14. The van der Waals surface area contributed by atoms with Crippen LogP contribution >= 0.6 is 22.9 Å². The van der Waals surface area contributed by atoms with Crippen LogP contribution in [0.3, 0.4) is 0 Å². The molecule has 0 fully saturated rings. The second-order valence-corrected chi connectivity index (χ2v) is 8.96. The average molecular weight is 494 g/mol. The van der Waals surface area contributed by atoms with Gasteiger partial charge in [0.15, 0.2) is 0 Å². The van der Waals surface area contributed by atoms with E-state index in [1.165, 1.54) is 28.0 Å². The summed E-state index contributed by atoms with van der Waals surface area (Å²) in [4.78, 5) is 30.5. The van der Waals surface area contributed by atoms with Crippen molar-refractivity contribution in [1.29, 1.82) is 0 Å². The average Bonchev–Trinajstić information content (AvgIpc) is 3.24. The zero-order valence-corrected chi connectivity index (χ0v) is 19.4. The first-order valence-electron chi connectivity index (χ1n) is 10.3. The molecule has 10 heteroatoms. The summed E-state index contributed by atoms with van der Waals surface area (Å²) in [5.41, 5.74) is 2.85. The van der Waals surface area contributed by atoms with Crippen molar-refractivity contribution in [3.63, 3.8) is 0 Å². The van der Waals surface area contributed by atoms with E-state index in [1.807, 2.05) is 19.1 Å². The zero-order chi connectivity index (χ0) is 23.8. The molecule has 0 unspecified atom stereocenters. The molecule has 2 N–H and O–H groups in total. The van der Waals surface area contributed by atoms with Gasteiger partial charge in [0.2, 0.25) is 10.1 Å². The summed E-state index contributed by atoms with van der Waals surface area (Å²) < 4.78 is 14.3. The highest BCUT2D eigenvalue weighted by molar-refractivity contribution is 7.20. The molecule has 7 nitrogen and oxygen atoms in total. The van der Waals surface area contributed by atoms with Gasteiger partial charge in [0.05, 0.1) is 10.9 Å². The highest BCUT2D eigenvalue weighted by Crippen LogP contribution is 2.28. The van der Waals surface area contributed by atoms with E-state index in [2.05, 4.69) is 20.7 Å². The number of hydrogen-bond acceptors (Lipinski definition) is 6. The Hall–Kier alpha value is -3.82. The smallest absolute Gasteiger partial charge is 0.283 e. The van der Waals surface area contributed by atoms with Crippen LogP contribution < -0.4 is 16.2 Å². The minimum atomic E-state index is -0.336. The summed E-state index contributed by atoms with van der Waals surface area (Å²) in [6, 6.07) is 16.1. The maximum atomic E-state index is 13.1. The van der Waals surface area contributed by atoms with Crippen LogP contribution in [0, 0.1) is 12.7 Å². The third kappa shape index (κ3) is 4.23.